The van der Waals surface area contributed by atoms with Crippen molar-refractivity contribution in [2.45, 2.75) is 51.4 Å². The molecule has 0 aliphatic heterocycles. The molecule has 6 aliphatic rings. The van der Waals surface area contributed by atoms with Crippen LogP contribution in [-0.2, 0) is 4.74 Å². The van der Waals surface area contributed by atoms with Gasteiger partial charge >= 0.3 is 0 Å². The first-order valence-electron chi connectivity index (χ1n) is 12.1. The Hall–Kier alpha value is -0.120. The molecule has 12 unspecified atom stereocenters. The molecule has 27 heavy (non-hydrogen) atoms. The van der Waals surface area contributed by atoms with Crippen molar-refractivity contribution in [3.63, 3.8) is 0 Å². The zero-order valence-corrected chi connectivity index (χ0v) is 16.7. The molecule has 0 amide bonds. The van der Waals surface area contributed by atoms with Gasteiger partial charge in [-0.05, 0) is 122 Å². The SMILES string of the molecule is OCC1CCC2C3CC(COCC4CC5CC4C4C(CO)CCC54)C(C3)C12. The molecule has 0 aromatic heterocycles. The first-order chi connectivity index (χ1) is 13.3. The van der Waals surface area contributed by atoms with Crippen molar-refractivity contribution in [3.8, 4) is 0 Å². The molecule has 3 heteroatoms. The Bertz CT molecular complexity index is 516. The number of aliphatic hydroxyl groups excluding tert-OH is 2. The van der Waals surface area contributed by atoms with Crippen LogP contribution in [0.1, 0.15) is 51.4 Å². The summed E-state index contributed by atoms with van der Waals surface area (Å²) in [4.78, 5) is 0. The third-order valence-electron chi connectivity index (χ3n) is 10.7. The first kappa shape index (κ1) is 17.7. The normalized spacial score (nSPS) is 57.6. The fourth-order valence-electron chi connectivity index (χ4n) is 9.94. The summed E-state index contributed by atoms with van der Waals surface area (Å²) in [5.74, 6) is 9.79. The largest absolute Gasteiger partial charge is 0.396 e. The summed E-state index contributed by atoms with van der Waals surface area (Å²) in [5.41, 5.74) is 0. The summed E-state index contributed by atoms with van der Waals surface area (Å²) in [7, 11) is 0. The summed E-state index contributed by atoms with van der Waals surface area (Å²) in [5, 5.41) is 19.5. The lowest BCUT2D eigenvalue weighted by molar-refractivity contribution is 0.00230. The maximum absolute atomic E-state index is 9.77. The van der Waals surface area contributed by atoms with E-state index in [4.69, 9.17) is 4.74 Å². The number of rotatable bonds is 6. The van der Waals surface area contributed by atoms with Crippen LogP contribution in [0.4, 0.5) is 0 Å². The van der Waals surface area contributed by atoms with Gasteiger partial charge < -0.3 is 14.9 Å². The van der Waals surface area contributed by atoms with Crippen molar-refractivity contribution in [1.82, 2.24) is 0 Å². The maximum Gasteiger partial charge on any atom is 0.0497 e. The number of fused-ring (bicyclic) bond motifs is 10. The number of aliphatic hydroxyl groups is 2. The third-order valence-corrected chi connectivity index (χ3v) is 10.7. The summed E-state index contributed by atoms with van der Waals surface area (Å²) >= 11 is 0. The predicted octanol–water partition coefficient (Wildman–Crippen LogP) is 3.58. The highest BCUT2D eigenvalue weighted by atomic mass is 16.5. The van der Waals surface area contributed by atoms with Gasteiger partial charge in [-0.2, -0.15) is 0 Å². The van der Waals surface area contributed by atoms with Crippen LogP contribution in [0.2, 0.25) is 0 Å². The maximum atomic E-state index is 9.77. The van der Waals surface area contributed by atoms with Gasteiger partial charge in [-0.3, -0.25) is 0 Å². The molecular weight excluding hydrogens is 336 g/mol. The van der Waals surface area contributed by atoms with Crippen LogP contribution in [0, 0.1) is 71.0 Å². The van der Waals surface area contributed by atoms with Crippen LogP contribution in [0.5, 0.6) is 0 Å². The van der Waals surface area contributed by atoms with E-state index in [1.165, 1.54) is 51.4 Å². The summed E-state index contributed by atoms with van der Waals surface area (Å²) in [6.07, 6.45) is 11.0. The summed E-state index contributed by atoms with van der Waals surface area (Å²) in [6, 6.07) is 0. The zero-order chi connectivity index (χ0) is 18.1. The van der Waals surface area contributed by atoms with Crippen molar-refractivity contribution in [1.29, 1.82) is 0 Å². The van der Waals surface area contributed by atoms with Gasteiger partial charge in [0.25, 0.3) is 0 Å². The second-order valence-electron chi connectivity index (χ2n) is 11.4. The smallest absolute Gasteiger partial charge is 0.0497 e. The topological polar surface area (TPSA) is 49.7 Å². The molecule has 3 nitrogen and oxygen atoms in total. The van der Waals surface area contributed by atoms with E-state index in [-0.39, 0.29) is 0 Å². The van der Waals surface area contributed by atoms with Gasteiger partial charge in [-0.1, -0.05) is 0 Å². The molecule has 0 radical (unpaired) electrons. The lowest BCUT2D eigenvalue weighted by atomic mass is 9.72. The van der Waals surface area contributed by atoms with Gasteiger partial charge in [0, 0.05) is 26.4 Å². The number of hydrogen-bond acceptors (Lipinski definition) is 3. The van der Waals surface area contributed by atoms with Gasteiger partial charge in [-0.15, -0.1) is 0 Å². The molecule has 6 rings (SSSR count). The molecule has 0 aromatic carbocycles. The van der Waals surface area contributed by atoms with E-state index in [1.807, 2.05) is 0 Å². The van der Waals surface area contributed by atoms with Gasteiger partial charge in [0.1, 0.15) is 0 Å². The average molecular weight is 375 g/mol. The van der Waals surface area contributed by atoms with E-state index in [0.717, 1.165) is 72.4 Å². The van der Waals surface area contributed by atoms with Crippen LogP contribution < -0.4 is 0 Å². The van der Waals surface area contributed by atoms with Crippen LogP contribution >= 0.6 is 0 Å². The molecule has 152 valence electrons. The summed E-state index contributed by atoms with van der Waals surface area (Å²) < 4.78 is 6.42. The summed E-state index contributed by atoms with van der Waals surface area (Å²) in [6.45, 7) is 2.79. The van der Waals surface area contributed by atoms with Crippen molar-refractivity contribution in [2.75, 3.05) is 26.4 Å². The van der Waals surface area contributed by atoms with E-state index < -0.39 is 0 Å². The van der Waals surface area contributed by atoms with E-state index in [9.17, 15) is 10.2 Å². The van der Waals surface area contributed by atoms with E-state index in [0.29, 0.717) is 25.0 Å². The highest BCUT2D eigenvalue weighted by molar-refractivity contribution is 5.07. The molecule has 6 aliphatic carbocycles. The first-order valence-corrected chi connectivity index (χ1v) is 12.1. The van der Waals surface area contributed by atoms with Crippen LogP contribution in [-0.4, -0.2) is 36.6 Å². The van der Waals surface area contributed by atoms with Crippen LogP contribution in [0.25, 0.3) is 0 Å². The van der Waals surface area contributed by atoms with Crippen LogP contribution in [0.3, 0.4) is 0 Å². The molecular formula is C24H38O3. The van der Waals surface area contributed by atoms with E-state index >= 15 is 0 Å². The van der Waals surface area contributed by atoms with Gasteiger partial charge in [0.2, 0.25) is 0 Å². The second-order valence-corrected chi connectivity index (χ2v) is 11.4. The minimum Gasteiger partial charge on any atom is -0.396 e. The fraction of sp³-hybridized carbons (Fsp3) is 1.00. The molecule has 4 bridgehead atoms. The minimum absolute atomic E-state index is 0.414. The standard InChI is InChI=1S/C24H38O3/c25-9-13-1-3-19-15-5-17(21(7-15)23(13)19)11-27-12-18-6-16-8-22(18)24-14(10-26)2-4-20(16)24/h13-26H,1-12H2. The molecule has 0 aromatic rings. The Labute approximate surface area is 164 Å². The van der Waals surface area contributed by atoms with Crippen molar-refractivity contribution in [2.24, 2.45) is 71.0 Å². The Morgan fingerprint density at radius 1 is 0.556 bits per heavy atom. The molecule has 2 N–H and O–H groups in total. The zero-order valence-electron chi connectivity index (χ0n) is 16.7. The molecule has 0 spiro atoms. The van der Waals surface area contributed by atoms with Crippen molar-refractivity contribution < 1.29 is 14.9 Å². The quantitative estimate of drug-likeness (QED) is 0.747. The van der Waals surface area contributed by atoms with E-state index in [1.54, 1.807) is 0 Å². The number of ether oxygens (including phenoxy) is 1. The molecule has 12 atom stereocenters. The molecule has 6 saturated carbocycles. The Morgan fingerprint density at radius 2 is 1.04 bits per heavy atom. The Balaban J connectivity index is 1.04. The number of hydrogen-bond donors (Lipinski definition) is 2. The van der Waals surface area contributed by atoms with Gasteiger partial charge in [-0.25, -0.2) is 0 Å². The predicted molar refractivity (Wildman–Crippen MR) is 104 cm³/mol. The average Bonchev–Trinajstić information content (AvgIpc) is 3.47. The lowest BCUT2D eigenvalue weighted by Gasteiger charge is -2.36. The minimum atomic E-state index is 0.414. The third kappa shape index (κ3) is 2.56. The molecule has 6 fully saturated rings. The van der Waals surface area contributed by atoms with Gasteiger partial charge in [0.05, 0.1) is 0 Å². The second kappa shape index (κ2) is 6.71. The van der Waals surface area contributed by atoms with Crippen molar-refractivity contribution >= 4 is 0 Å². The van der Waals surface area contributed by atoms with Crippen molar-refractivity contribution in [3.05, 3.63) is 0 Å². The van der Waals surface area contributed by atoms with Crippen LogP contribution in [0.15, 0.2) is 0 Å². The highest BCUT2D eigenvalue weighted by Gasteiger charge is 2.58. The Kier molecular flexibility index (Phi) is 4.40. The molecule has 0 heterocycles. The monoisotopic (exact) mass is 374 g/mol. The van der Waals surface area contributed by atoms with E-state index in [2.05, 4.69) is 0 Å². The highest BCUT2D eigenvalue weighted by Crippen LogP contribution is 2.64. The fourth-order valence-corrected chi connectivity index (χ4v) is 9.94. The lowest BCUT2D eigenvalue weighted by Crippen LogP contribution is -2.34. The van der Waals surface area contributed by atoms with Gasteiger partial charge in [0.15, 0.2) is 0 Å². The molecule has 0 saturated heterocycles. The Morgan fingerprint density at radius 3 is 1.48 bits per heavy atom.